The third kappa shape index (κ3) is 4.91. The highest BCUT2D eigenvalue weighted by Gasteiger charge is 2.27. The van der Waals surface area contributed by atoms with Gasteiger partial charge < -0.3 is 10.2 Å². The Hall–Kier alpha value is -3.81. The molecule has 0 radical (unpaired) electrons. The number of tetrazole rings is 1. The summed E-state index contributed by atoms with van der Waals surface area (Å²) in [7, 11) is 0. The molecule has 2 aromatic carbocycles. The minimum absolute atomic E-state index is 0.0242. The second kappa shape index (κ2) is 10.00. The van der Waals surface area contributed by atoms with Gasteiger partial charge in [0.25, 0.3) is 0 Å². The van der Waals surface area contributed by atoms with Crippen molar-refractivity contribution in [3.8, 4) is 5.69 Å². The summed E-state index contributed by atoms with van der Waals surface area (Å²) in [4.78, 5) is 27.2. The molecular weight excluding hydrogens is 404 g/mol. The van der Waals surface area contributed by atoms with Crippen LogP contribution in [0.3, 0.4) is 0 Å². The van der Waals surface area contributed by atoms with E-state index in [1.165, 1.54) is 0 Å². The van der Waals surface area contributed by atoms with Crippen LogP contribution in [0.2, 0.25) is 0 Å². The van der Waals surface area contributed by atoms with Gasteiger partial charge in [0.2, 0.25) is 11.8 Å². The van der Waals surface area contributed by atoms with Crippen molar-refractivity contribution >= 4 is 23.6 Å². The number of likely N-dealkylation sites (tertiary alicyclic amines) is 1. The van der Waals surface area contributed by atoms with E-state index in [4.69, 9.17) is 0 Å². The van der Waals surface area contributed by atoms with Crippen LogP contribution in [0.25, 0.3) is 11.8 Å². The van der Waals surface area contributed by atoms with Crippen LogP contribution in [0, 0.1) is 5.92 Å². The Balaban J connectivity index is 1.36. The fourth-order valence-electron chi connectivity index (χ4n) is 3.81. The quantitative estimate of drug-likeness (QED) is 0.607. The lowest BCUT2D eigenvalue weighted by atomic mass is 9.95. The van der Waals surface area contributed by atoms with Crippen molar-refractivity contribution in [3.05, 3.63) is 72.1 Å². The second-order valence-corrected chi connectivity index (χ2v) is 7.71. The standard InChI is InChI=1S/C24H26N6O2/c1-2-22-26-27-28-30(22)21-11-7-6-10-20(21)25-24(32)19-14-16-29(17-15-19)23(31)13-12-18-8-4-3-5-9-18/h3-13,19H,2,14-17H2,1H3,(H,25,32)/b13-12+. The molecule has 0 spiro atoms. The maximum Gasteiger partial charge on any atom is 0.246 e. The summed E-state index contributed by atoms with van der Waals surface area (Å²) in [6.07, 6.45) is 5.36. The maximum atomic E-state index is 12.9. The predicted molar refractivity (Wildman–Crippen MR) is 122 cm³/mol. The van der Waals surface area contributed by atoms with Crippen molar-refractivity contribution in [2.24, 2.45) is 5.92 Å². The molecule has 32 heavy (non-hydrogen) atoms. The van der Waals surface area contributed by atoms with Crippen LogP contribution in [-0.2, 0) is 16.0 Å². The Morgan fingerprint density at radius 3 is 2.53 bits per heavy atom. The van der Waals surface area contributed by atoms with Crippen LogP contribution < -0.4 is 5.32 Å². The molecule has 0 bridgehead atoms. The average Bonchev–Trinajstić information content (AvgIpc) is 3.32. The number of nitrogens with one attached hydrogen (secondary N) is 1. The van der Waals surface area contributed by atoms with Gasteiger partial charge >= 0.3 is 0 Å². The highest BCUT2D eigenvalue weighted by atomic mass is 16.2. The number of carbonyl (C=O) groups excluding carboxylic acids is 2. The van der Waals surface area contributed by atoms with Gasteiger partial charge in [-0.1, -0.05) is 49.4 Å². The van der Waals surface area contributed by atoms with Crippen LogP contribution in [0.15, 0.2) is 60.7 Å². The predicted octanol–water partition coefficient (Wildman–Crippen LogP) is 3.12. The number of piperidine rings is 1. The minimum atomic E-state index is -0.148. The monoisotopic (exact) mass is 430 g/mol. The fourth-order valence-corrected chi connectivity index (χ4v) is 3.81. The summed E-state index contributed by atoms with van der Waals surface area (Å²) < 4.78 is 1.65. The molecule has 1 aromatic heterocycles. The number of benzene rings is 2. The highest BCUT2D eigenvalue weighted by Crippen LogP contribution is 2.24. The molecule has 8 nitrogen and oxygen atoms in total. The normalized spacial score (nSPS) is 14.6. The van der Waals surface area contributed by atoms with Crippen molar-refractivity contribution in [2.75, 3.05) is 18.4 Å². The van der Waals surface area contributed by atoms with Crippen LogP contribution in [-0.4, -0.2) is 50.0 Å². The number of aryl methyl sites for hydroxylation is 1. The van der Waals surface area contributed by atoms with Crippen molar-refractivity contribution in [2.45, 2.75) is 26.2 Å². The van der Waals surface area contributed by atoms with Crippen molar-refractivity contribution in [1.82, 2.24) is 25.1 Å². The van der Waals surface area contributed by atoms with Crippen LogP contribution in [0.4, 0.5) is 5.69 Å². The number of aromatic nitrogens is 4. The first-order valence-electron chi connectivity index (χ1n) is 10.8. The van der Waals surface area contributed by atoms with E-state index in [0.29, 0.717) is 38.0 Å². The number of carbonyl (C=O) groups is 2. The molecule has 1 N–H and O–H groups in total. The Labute approximate surface area is 186 Å². The van der Waals surface area contributed by atoms with E-state index < -0.39 is 0 Å². The van der Waals surface area contributed by atoms with E-state index in [2.05, 4.69) is 20.8 Å². The van der Waals surface area contributed by atoms with E-state index in [9.17, 15) is 9.59 Å². The number of nitrogens with zero attached hydrogens (tertiary/aromatic N) is 5. The molecule has 0 aliphatic carbocycles. The van der Waals surface area contributed by atoms with Gasteiger partial charge in [0.05, 0.1) is 11.4 Å². The van der Waals surface area contributed by atoms with Gasteiger partial charge in [0.1, 0.15) is 0 Å². The molecule has 164 valence electrons. The van der Waals surface area contributed by atoms with Gasteiger partial charge in [-0.15, -0.1) is 5.10 Å². The van der Waals surface area contributed by atoms with E-state index in [1.807, 2.05) is 67.6 Å². The molecule has 0 saturated carbocycles. The van der Waals surface area contributed by atoms with Crippen molar-refractivity contribution in [1.29, 1.82) is 0 Å². The lowest BCUT2D eigenvalue weighted by molar-refractivity contribution is -0.130. The van der Waals surface area contributed by atoms with E-state index >= 15 is 0 Å². The zero-order valence-corrected chi connectivity index (χ0v) is 18.0. The number of rotatable bonds is 6. The summed E-state index contributed by atoms with van der Waals surface area (Å²) in [6, 6.07) is 17.2. The summed E-state index contributed by atoms with van der Waals surface area (Å²) in [6.45, 7) is 3.10. The van der Waals surface area contributed by atoms with E-state index in [-0.39, 0.29) is 17.7 Å². The Morgan fingerprint density at radius 1 is 1.06 bits per heavy atom. The third-order valence-corrected chi connectivity index (χ3v) is 5.64. The number of anilines is 1. The lowest BCUT2D eigenvalue weighted by Gasteiger charge is -2.30. The van der Waals surface area contributed by atoms with Gasteiger partial charge in [-0.25, -0.2) is 0 Å². The molecule has 2 amide bonds. The zero-order valence-electron chi connectivity index (χ0n) is 18.0. The summed E-state index contributed by atoms with van der Waals surface area (Å²) >= 11 is 0. The largest absolute Gasteiger partial charge is 0.339 e. The molecule has 1 aliphatic heterocycles. The molecule has 4 rings (SSSR count). The molecule has 3 aromatic rings. The molecule has 1 saturated heterocycles. The first-order chi connectivity index (χ1) is 15.7. The van der Waals surface area contributed by atoms with Crippen molar-refractivity contribution < 1.29 is 9.59 Å². The van der Waals surface area contributed by atoms with Crippen LogP contribution in [0.1, 0.15) is 31.2 Å². The van der Waals surface area contributed by atoms with Gasteiger partial charge in [-0.3, -0.25) is 9.59 Å². The lowest BCUT2D eigenvalue weighted by Crippen LogP contribution is -2.40. The highest BCUT2D eigenvalue weighted by molar-refractivity contribution is 5.95. The second-order valence-electron chi connectivity index (χ2n) is 7.71. The molecule has 0 atom stereocenters. The van der Waals surface area contributed by atoms with Crippen LogP contribution >= 0.6 is 0 Å². The van der Waals surface area contributed by atoms with Gasteiger partial charge in [-0.2, -0.15) is 4.68 Å². The maximum absolute atomic E-state index is 12.9. The Bertz CT molecular complexity index is 1100. The molecule has 2 heterocycles. The zero-order chi connectivity index (χ0) is 22.3. The number of para-hydroxylation sites is 2. The Morgan fingerprint density at radius 2 is 1.78 bits per heavy atom. The summed E-state index contributed by atoms with van der Waals surface area (Å²) in [5.41, 5.74) is 2.40. The molecule has 0 unspecified atom stereocenters. The smallest absolute Gasteiger partial charge is 0.246 e. The molecular formula is C24H26N6O2. The summed E-state index contributed by atoms with van der Waals surface area (Å²) in [5, 5.41) is 14.9. The fraction of sp³-hybridized carbons (Fsp3) is 0.292. The average molecular weight is 431 g/mol. The number of hydrogen-bond acceptors (Lipinski definition) is 5. The Kier molecular flexibility index (Phi) is 6.69. The van der Waals surface area contributed by atoms with Gasteiger partial charge in [-0.05, 0) is 47.0 Å². The minimum Gasteiger partial charge on any atom is -0.339 e. The molecule has 1 aliphatic rings. The summed E-state index contributed by atoms with van der Waals surface area (Å²) in [5.74, 6) is 0.506. The first-order valence-corrected chi connectivity index (χ1v) is 10.8. The number of amides is 2. The molecule has 1 fully saturated rings. The van der Waals surface area contributed by atoms with Crippen molar-refractivity contribution in [3.63, 3.8) is 0 Å². The first kappa shape index (κ1) is 21.4. The van der Waals surface area contributed by atoms with E-state index in [1.54, 1.807) is 15.7 Å². The topological polar surface area (TPSA) is 93.0 Å². The van der Waals surface area contributed by atoms with Gasteiger partial charge in [0.15, 0.2) is 5.82 Å². The third-order valence-electron chi connectivity index (χ3n) is 5.64. The van der Waals surface area contributed by atoms with Crippen LogP contribution in [0.5, 0.6) is 0 Å². The molecule has 8 heteroatoms. The number of hydrogen-bond donors (Lipinski definition) is 1. The van der Waals surface area contributed by atoms with E-state index in [0.717, 1.165) is 17.1 Å². The SMILES string of the molecule is CCc1nnnn1-c1ccccc1NC(=O)C1CCN(C(=O)/C=C/c2ccccc2)CC1. The van der Waals surface area contributed by atoms with Gasteiger partial charge in [0, 0.05) is 31.5 Å².